The van der Waals surface area contributed by atoms with E-state index >= 15 is 0 Å². The maximum Gasteiger partial charge on any atom is 0.119 e. The Morgan fingerprint density at radius 3 is 2.63 bits per heavy atom. The van der Waals surface area contributed by atoms with Gasteiger partial charge in [-0.2, -0.15) is 0 Å². The summed E-state index contributed by atoms with van der Waals surface area (Å²) >= 11 is 0. The molecule has 0 aliphatic rings. The summed E-state index contributed by atoms with van der Waals surface area (Å²) in [4.78, 5) is 0. The molecule has 0 aliphatic heterocycles. The summed E-state index contributed by atoms with van der Waals surface area (Å²) in [6.45, 7) is 6.84. The molecule has 2 aromatic carbocycles. The second kappa shape index (κ2) is 5.89. The van der Waals surface area contributed by atoms with Gasteiger partial charge in [-0.05, 0) is 49.6 Å². The minimum Gasteiger partial charge on any atom is -0.494 e. The van der Waals surface area contributed by atoms with Crippen molar-refractivity contribution in [2.24, 2.45) is 5.73 Å². The van der Waals surface area contributed by atoms with Crippen LogP contribution in [-0.4, -0.2) is 6.61 Å². The lowest BCUT2D eigenvalue weighted by atomic mass is 9.94. The van der Waals surface area contributed by atoms with Gasteiger partial charge in [0.15, 0.2) is 0 Å². The first kappa shape index (κ1) is 13.6. The molecule has 19 heavy (non-hydrogen) atoms. The summed E-state index contributed by atoms with van der Waals surface area (Å²) in [5, 5.41) is 0. The Morgan fingerprint density at radius 2 is 1.89 bits per heavy atom. The summed E-state index contributed by atoms with van der Waals surface area (Å²) in [5.41, 5.74) is 11.1. The summed E-state index contributed by atoms with van der Waals surface area (Å²) in [7, 11) is 0. The number of nitrogens with two attached hydrogens (primary N) is 1. The van der Waals surface area contributed by atoms with Gasteiger partial charge in [0.2, 0.25) is 0 Å². The Hall–Kier alpha value is -1.80. The van der Waals surface area contributed by atoms with Crippen molar-refractivity contribution < 1.29 is 4.74 Å². The molecule has 0 saturated carbocycles. The fourth-order valence-electron chi connectivity index (χ4n) is 2.24. The maximum absolute atomic E-state index is 6.40. The molecule has 1 unspecified atom stereocenters. The molecule has 0 saturated heterocycles. The number of hydrogen-bond acceptors (Lipinski definition) is 2. The standard InChI is InChI=1S/C17H21NO/c1-4-19-15-7-5-6-14(11-15)17(18)16-10-12(2)8-9-13(16)3/h5-11,17H,4,18H2,1-3H3. The lowest BCUT2D eigenvalue weighted by Crippen LogP contribution is -2.13. The van der Waals surface area contributed by atoms with E-state index in [1.165, 1.54) is 16.7 Å². The first-order chi connectivity index (χ1) is 9.11. The van der Waals surface area contributed by atoms with Crippen LogP contribution in [0.15, 0.2) is 42.5 Å². The van der Waals surface area contributed by atoms with E-state index in [-0.39, 0.29) is 6.04 Å². The van der Waals surface area contributed by atoms with Gasteiger partial charge in [0.05, 0.1) is 12.6 Å². The molecule has 0 aliphatic carbocycles. The highest BCUT2D eigenvalue weighted by molar-refractivity contribution is 5.41. The highest BCUT2D eigenvalue weighted by atomic mass is 16.5. The minimum absolute atomic E-state index is 0.111. The molecule has 2 nitrogen and oxygen atoms in total. The van der Waals surface area contributed by atoms with Crippen molar-refractivity contribution in [3.8, 4) is 5.75 Å². The van der Waals surface area contributed by atoms with E-state index < -0.39 is 0 Å². The molecule has 0 heterocycles. The van der Waals surface area contributed by atoms with Gasteiger partial charge in [-0.25, -0.2) is 0 Å². The Kier molecular flexibility index (Phi) is 4.23. The number of rotatable bonds is 4. The van der Waals surface area contributed by atoms with E-state index in [1.54, 1.807) is 0 Å². The molecular formula is C17H21NO. The van der Waals surface area contributed by atoms with Crippen molar-refractivity contribution in [3.63, 3.8) is 0 Å². The number of benzene rings is 2. The molecule has 0 radical (unpaired) electrons. The van der Waals surface area contributed by atoms with Gasteiger partial charge in [0.25, 0.3) is 0 Å². The van der Waals surface area contributed by atoms with Crippen LogP contribution in [0, 0.1) is 13.8 Å². The molecule has 1 atom stereocenters. The topological polar surface area (TPSA) is 35.2 Å². The minimum atomic E-state index is -0.111. The van der Waals surface area contributed by atoms with Gasteiger partial charge in [-0.3, -0.25) is 0 Å². The average molecular weight is 255 g/mol. The lowest BCUT2D eigenvalue weighted by Gasteiger charge is -2.17. The van der Waals surface area contributed by atoms with Crippen LogP contribution in [0.5, 0.6) is 5.75 Å². The quantitative estimate of drug-likeness (QED) is 0.903. The van der Waals surface area contributed by atoms with E-state index in [0.29, 0.717) is 6.61 Å². The van der Waals surface area contributed by atoms with Gasteiger partial charge in [0.1, 0.15) is 5.75 Å². The predicted molar refractivity (Wildman–Crippen MR) is 79.6 cm³/mol. The zero-order chi connectivity index (χ0) is 13.8. The molecule has 2 rings (SSSR count). The van der Waals surface area contributed by atoms with E-state index in [4.69, 9.17) is 10.5 Å². The zero-order valence-electron chi connectivity index (χ0n) is 11.8. The Balaban J connectivity index is 2.35. The molecule has 2 aromatic rings. The van der Waals surface area contributed by atoms with E-state index in [2.05, 4.69) is 38.1 Å². The van der Waals surface area contributed by atoms with Crippen molar-refractivity contribution in [2.45, 2.75) is 26.8 Å². The Bertz CT molecular complexity index is 563. The second-order valence-electron chi connectivity index (χ2n) is 4.84. The summed E-state index contributed by atoms with van der Waals surface area (Å²) < 4.78 is 5.53. The molecule has 0 bridgehead atoms. The van der Waals surface area contributed by atoms with Crippen LogP contribution in [0.4, 0.5) is 0 Å². The summed E-state index contributed by atoms with van der Waals surface area (Å²) in [6, 6.07) is 14.3. The highest BCUT2D eigenvalue weighted by Crippen LogP contribution is 2.26. The van der Waals surface area contributed by atoms with E-state index in [9.17, 15) is 0 Å². The first-order valence-electron chi connectivity index (χ1n) is 6.67. The summed E-state index contributed by atoms with van der Waals surface area (Å²) in [6.07, 6.45) is 0. The SMILES string of the molecule is CCOc1cccc(C(N)c2cc(C)ccc2C)c1. The highest BCUT2D eigenvalue weighted by Gasteiger charge is 2.12. The third-order valence-corrected chi connectivity index (χ3v) is 3.30. The molecule has 100 valence electrons. The molecular weight excluding hydrogens is 234 g/mol. The molecule has 0 fully saturated rings. The van der Waals surface area contributed by atoms with Crippen LogP contribution in [-0.2, 0) is 0 Å². The smallest absolute Gasteiger partial charge is 0.119 e. The third kappa shape index (κ3) is 3.15. The lowest BCUT2D eigenvalue weighted by molar-refractivity contribution is 0.340. The van der Waals surface area contributed by atoms with Crippen molar-refractivity contribution in [1.82, 2.24) is 0 Å². The first-order valence-corrected chi connectivity index (χ1v) is 6.67. The molecule has 2 heteroatoms. The largest absolute Gasteiger partial charge is 0.494 e. The molecule has 2 N–H and O–H groups in total. The maximum atomic E-state index is 6.40. The van der Waals surface area contributed by atoms with Crippen molar-refractivity contribution >= 4 is 0 Å². The van der Waals surface area contributed by atoms with Crippen LogP contribution in [0.3, 0.4) is 0 Å². The van der Waals surface area contributed by atoms with Crippen molar-refractivity contribution in [2.75, 3.05) is 6.61 Å². The van der Waals surface area contributed by atoms with Gasteiger partial charge in [0, 0.05) is 0 Å². The average Bonchev–Trinajstić information content (AvgIpc) is 2.41. The second-order valence-corrected chi connectivity index (χ2v) is 4.84. The van der Waals surface area contributed by atoms with Crippen molar-refractivity contribution in [3.05, 3.63) is 64.7 Å². The molecule has 0 spiro atoms. The Labute approximate surface area is 115 Å². The van der Waals surface area contributed by atoms with Crippen molar-refractivity contribution in [1.29, 1.82) is 0 Å². The normalized spacial score (nSPS) is 12.2. The van der Waals surface area contributed by atoms with Crippen LogP contribution in [0.2, 0.25) is 0 Å². The van der Waals surface area contributed by atoms with Crippen LogP contribution < -0.4 is 10.5 Å². The third-order valence-electron chi connectivity index (χ3n) is 3.30. The van der Waals surface area contributed by atoms with Gasteiger partial charge in [-0.1, -0.05) is 35.9 Å². The van der Waals surface area contributed by atoms with Crippen LogP contribution >= 0.6 is 0 Å². The zero-order valence-corrected chi connectivity index (χ0v) is 11.8. The fraction of sp³-hybridized carbons (Fsp3) is 0.294. The monoisotopic (exact) mass is 255 g/mol. The van der Waals surface area contributed by atoms with Gasteiger partial charge < -0.3 is 10.5 Å². The number of aryl methyl sites for hydroxylation is 2. The van der Waals surface area contributed by atoms with Crippen LogP contribution in [0.25, 0.3) is 0 Å². The molecule has 0 aromatic heterocycles. The van der Waals surface area contributed by atoms with E-state index in [0.717, 1.165) is 11.3 Å². The van der Waals surface area contributed by atoms with Gasteiger partial charge >= 0.3 is 0 Å². The van der Waals surface area contributed by atoms with Crippen LogP contribution in [0.1, 0.15) is 35.2 Å². The van der Waals surface area contributed by atoms with E-state index in [1.807, 2.05) is 25.1 Å². The fourth-order valence-corrected chi connectivity index (χ4v) is 2.24. The number of hydrogen-bond donors (Lipinski definition) is 1. The predicted octanol–water partition coefficient (Wildman–Crippen LogP) is 3.75. The number of ether oxygens (including phenoxy) is 1. The Morgan fingerprint density at radius 1 is 1.11 bits per heavy atom. The molecule has 0 amide bonds. The summed E-state index contributed by atoms with van der Waals surface area (Å²) in [5.74, 6) is 0.876. The van der Waals surface area contributed by atoms with Gasteiger partial charge in [-0.15, -0.1) is 0 Å².